The van der Waals surface area contributed by atoms with Crippen LogP contribution in [0.25, 0.3) is 0 Å². The fourth-order valence-corrected chi connectivity index (χ4v) is 2.82. The first-order valence-corrected chi connectivity index (χ1v) is 7.70. The fourth-order valence-electron chi connectivity index (χ4n) is 2.82. The summed E-state index contributed by atoms with van der Waals surface area (Å²) < 4.78 is 2.25. The topological polar surface area (TPSA) is 68.5 Å². The average molecular weight is 286 g/mol. The number of nitrogens with one attached hydrogen (secondary N) is 1. The molecule has 0 aromatic carbocycles. The Morgan fingerprint density at radius 3 is 2.95 bits per heavy atom. The van der Waals surface area contributed by atoms with Crippen molar-refractivity contribution < 1.29 is 0 Å². The number of nitrogens with zero attached hydrogens (tertiary/aromatic N) is 5. The van der Waals surface area contributed by atoms with Gasteiger partial charge in [0.15, 0.2) is 5.82 Å². The Bertz CT molecular complexity index is 633. The van der Waals surface area contributed by atoms with Crippen LogP contribution in [0.5, 0.6) is 0 Å². The molecule has 0 bridgehead atoms. The summed E-state index contributed by atoms with van der Waals surface area (Å²) in [5.41, 5.74) is 1.06. The van der Waals surface area contributed by atoms with Crippen LogP contribution < -0.4 is 5.32 Å². The van der Waals surface area contributed by atoms with E-state index in [0.717, 1.165) is 48.4 Å². The Labute approximate surface area is 125 Å². The van der Waals surface area contributed by atoms with Gasteiger partial charge in [0.05, 0.1) is 6.04 Å². The van der Waals surface area contributed by atoms with Crippen LogP contribution in [-0.2, 0) is 19.4 Å². The Hall–Kier alpha value is -1.98. The van der Waals surface area contributed by atoms with Crippen molar-refractivity contribution in [3.05, 3.63) is 29.2 Å². The number of aryl methyl sites for hydroxylation is 3. The predicted octanol–water partition coefficient (Wildman–Crippen LogP) is 2.45. The van der Waals surface area contributed by atoms with Gasteiger partial charge >= 0.3 is 0 Å². The molecule has 1 aliphatic rings. The largest absolute Gasteiger partial charge is 0.360 e. The van der Waals surface area contributed by atoms with Crippen molar-refractivity contribution >= 4 is 5.82 Å². The summed E-state index contributed by atoms with van der Waals surface area (Å²) in [7, 11) is 0. The SMILES string of the molecule is CCc1cc(NC(C)c2nnc3n2CCCC3)nc(C)n1. The van der Waals surface area contributed by atoms with Crippen molar-refractivity contribution in [3.63, 3.8) is 0 Å². The van der Waals surface area contributed by atoms with Crippen LogP contribution in [-0.4, -0.2) is 24.7 Å². The third-order valence-electron chi connectivity index (χ3n) is 3.89. The molecule has 1 atom stereocenters. The van der Waals surface area contributed by atoms with Gasteiger partial charge in [0, 0.05) is 24.7 Å². The summed E-state index contributed by atoms with van der Waals surface area (Å²) >= 11 is 0. The number of rotatable bonds is 4. The molecule has 0 spiro atoms. The van der Waals surface area contributed by atoms with E-state index < -0.39 is 0 Å². The lowest BCUT2D eigenvalue weighted by atomic mass is 10.1. The minimum absolute atomic E-state index is 0.0864. The Morgan fingerprint density at radius 2 is 2.14 bits per heavy atom. The van der Waals surface area contributed by atoms with Crippen LogP contribution in [0.3, 0.4) is 0 Å². The number of hydrogen-bond donors (Lipinski definition) is 1. The van der Waals surface area contributed by atoms with Crippen molar-refractivity contribution in [2.24, 2.45) is 0 Å². The molecule has 6 nitrogen and oxygen atoms in total. The van der Waals surface area contributed by atoms with Crippen molar-refractivity contribution in [2.75, 3.05) is 5.32 Å². The van der Waals surface area contributed by atoms with Gasteiger partial charge in [-0.05, 0) is 33.1 Å². The molecule has 3 heterocycles. The molecule has 6 heteroatoms. The van der Waals surface area contributed by atoms with E-state index in [9.17, 15) is 0 Å². The van der Waals surface area contributed by atoms with Gasteiger partial charge in [0.25, 0.3) is 0 Å². The minimum atomic E-state index is 0.0864. The van der Waals surface area contributed by atoms with E-state index >= 15 is 0 Å². The lowest BCUT2D eigenvalue weighted by molar-refractivity contribution is 0.500. The number of hydrogen-bond acceptors (Lipinski definition) is 5. The molecule has 112 valence electrons. The van der Waals surface area contributed by atoms with Gasteiger partial charge in [-0.2, -0.15) is 0 Å². The molecule has 0 amide bonds. The second kappa shape index (κ2) is 5.79. The quantitative estimate of drug-likeness (QED) is 0.935. The first-order valence-electron chi connectivity index (χ1n) is 7.70. The van der Waals surface area contributed by atoms with E-state index in [1.165, 1.54) is 12.8 Å². The molecule has 0 radical (unpaired) electrons. The van der Waals surface area contributed by atoms with E-state index in [2.05, 4.69) is 43.9 Å². The zero-order valence-electron chi connectivity index (χ0n) is 12.9. The van der Waals surface area contributed by atoms with Gasteiger partial charge in [-0.3, -0.25) is 0 Å². The van der Waals surface area contributed by atoms with Crippen LogP contribution in [0, 0.1) is 6.92 Å². The summed E-state index contributed by atoms with van der Waals surface area (Å²) in [6.45, 7) is 7.15. The first-order chi connectivity index (χ1) is 10.2. The van der Waals surface area contributed by atoms with E-state index in [4.69, 9.17) is 0 Å². The first kappa shape index (κ1) is 14.0. The number of anilines is 1. The number of aromatic nitrogens is 5. The maximum Gasteiger partial charge on any atom is 0.155 e. The second-order valence-electron chi connectivity index (χ2n) is 5.59. The van der Waals surface area contributed by atoms with E-state index in [1.54, 1.807) is 0 Å². The van der Waals surface area contributed by atoms with E-state index in [-0.39, 0.29) is 6.04 Å². The summed E-state index contributed by atoms with van der Waals surface area (Å²) in [5, 5.41) is 12.1. The highest BCUT2D eigenvalue weighted by atomic mass is 15.3. The summed E-state index contributed by atoms with van der Waals surface area (Å²) in [6, 6.07) is 2.10. The lowest BCUT2D eigenvalue weighted by Gasteiger charge is -2.19. The van der Waals surface area contributed by atoms with Crippen LogP contribution in [0.1, 0.15) is 55.9 Å². The zero-order chi connectivity index (χ0) is 14.8. The molecule has 1 aliphatic heterocycles. The molecule has 0 fully saturated rings. The van der Waals surface area contributed by atoms with Crippen molar-refractivity contribution in [1.82, 2.24) is 24.7 Å². The molecule has 21 heavy (non-hydrogen) atoms. The van der Waals surface area contributed by atoms with Gasteiger partial charge in [-0.15, -0.1) is 10.2 Å². The normalized spacial score (nSPS) is 15.6. The van der Waals surface area contributed by atoms with Crippen molar-refractivity contribution in [3.8, 4) is 0 Å². The highest BCUT2D eigenvalue weighted by molar-refractivity contribution is 5.38. The lowest BCUT2D eigenvalue weighted by Crippen LogP contribution is -2.18. The zero-order valence-corrected chi connectivity index (χ0v) is 12.9. The van der Waals surface area contributed by atoms with E-state index in [1.807, 2.05) is 13.0 Å². The molecule has 2 aromatic rings. The summed E-state index contributed by atoms with van der Waals surface area (Å²) in [6.07, 6.45) is 4.36. The average Bonchev–Trinajstić information content (AvgIpc) is 2.90. The molecule has 3 rings (SSSR count). The van der Waals surface area contributed by atoms with E-state index in [0.29, 0.717) is 0 Å². The monoisotopic (exact) mass is 286 g/mol. The van der Waals surface area contributed by atoms with Crippen molar-refractivity contribution in [2.45, 2.75) is 59.0 Å². The van der Waals surface area contributed by atoms with Gasteiger partial charge in [0.2, 0.25) is 0 Å². The molecule has 1 N–H and O–H groups in total. The molecule has 0 saturated carbocycles. The molecule has 0 aliphatic carbocycles. The minimum Gasteiger partial charge on any atom is -0.360 e. The van der Waals surface area contributed by atoms with Crippen LogP contribution in [0.4, 0.5) is 5.82 Å². The summed E-state index contributed by atoms with van der Waals surface area (Å²) in [5.74, 6) is 3.77. The number of fused-ring (bicyclic) bond motifs is 1. The Balaban J connectivity index is 1.81. The van der Waals surface area contributed by atoms with Crippen LogP contribution in [0.15, 0.2) is 6.07 Å². The molecule has 0 saturated heterocycles. The fraction of sp³-hybridized carbons (Fsp3) is 0.600. The predicted molar refractivity (Wildman–Crippen MR) is 81.1 cm³/mol. The molecule has 1 unspecified atom stereocenters. The second-order valence-corrected chi connectivity index (χ2v) is 5.59. The van der Waals surface area contributed by atoms with Crippen LogP contribution in [0.2, 0.25) is 0 Å². The summed E-state index contributed by atoms with van der Waals surface area (Å²) in [4.78, 5) is 8.87. The maximum absolute atomic E-state index is 4.46. The highest BCUT2D eigenvalue weighted by Gasteiger charge is 2.20. The van der Waals surface area contributed by atoms with Gasteiger partial charge in [-0.1, -0.05) is 6.92 Å². The molecule has 2 aromatic heterocycles. The van der Waals surface area contributed by atoms with Crippen molar-refractivity contribution in [1.29, 1.82) is 0 Å². The Morgan fingerprint density at radius 1 is 1.29 bits per heavy atom. The smallest absolute Gasteiger partial charge is 0.155 e. The van der Waals surface area contributed by atoms with Gasteiger partial charge in [0.1, 0.15) is 17.5 Å². The molecular weight excluding hydrogens is 264 g/mol. The molecular formula is C15H22N6. The Kier molecular flexibility index (Phi) is 3.86. The third-order valence-corrected chi connectivity index (χ3v) is 3.89. The van der Waals surface area contributed by atoms with Crippen LogP contribution >= 0.6 is 0 Å². The third kappa shape index (κ3) is 2.89. The standard InChI is InChI=1S/C15H22N6/c1-4-12-9-13(18-11(3)17-12)16-10(2)15-20-19-14-7-5-6-8-21(14)15/h9-10H,4-8H2,1-3H3,(H,16,17,18). The maximum atomic E-state index is 4.46. The van der Waals surface area contributed by atoms with Gasteiger partial charge in [-0.25, -0.2) is 9.97 Å². The highest BCUT2D eigenvalue weighted by Crippen LogP contribution is 2.21. The van der Waals surface area contributed by atoms with Gasteiger partial charge < -0.3 is 9.88 Å².